The van der Waals surface area contributed by atoms with Crippen molar-refractivity contribution in [2.45, 2.75) is 6.54 Å². The summed E-state index contributed by atoms with van der Waals surface area (Å²) in [6.45, 7) is 4.52. The lowest BCUT2D eigenvalue weighted by molar-refractivity contribution is 0.102. The van der Waals surface area contributed by atoms with Gasteiger partial charge in [0.15, 0.2) is 11.5 Å². The number of halogens is 1. The number of carboxylic acid groups (broad SMARTS) is 1. The van der Waals surface area contributed by atoms with Gasteiger partial charge in [-0.25, -0.2) is 9.18 Å². The molecule has 12 heteroatoms. The Morgan fingerprint density at radius 1 is 0.864 bits per heavy atom. The summed E-state index contributed by atoms with van der Waals surface area (Å²) in [7, 11) is 0. The number of hydrogen-bond acceptors (Lipinski definition) is 7. The van der Waals surface area contributed by atoms with E-state index in [1.165, 1.54) is 34.4 Å². The molecule has 226 valence electrons. The lowest BCUT2D eigenvalue weighted by atomic mass is 10.0. The van der Waals surface area contributed by atoms with E-state index in [0.29, 0.717) is 65.8 Å². The minimum atomic E-state index is -0.843. The van der Waals surface area contributed by atoms with Crippen LogP contribution in [0.3, 0.4) is 0 Å². The van der Waals surface area contributed by atoms with E-state index >= 15 is 0 Å². The van der Waals surface area contributed by atoms with Gasteiger partial charge in [-0.15, -0.1) is 11.3 Å². The number of anilines is 2. The van der Waals surface area contributed by atoms with Crippen LogP contribution in [0.1, 0.15) is 25.6 Å². The maximum Gasteiger partial charge on any atom is 0.407 e. The summed E-state index contributed by atoms with van der Waals surface area (Å²) < 4.78 is 26.7. The first kappa shape index (κ1) is 28.1. The van der Waals surface area contributed by atoms with Crippen LogP contribution in [0.4, 0.5) is 20.6 Å². The topological polar surface area (TPSA) is 120 Å². The Balaban J connectivity index is 0.998. The van der Waals surface area contributed by atoms with Crippen LogP contribution in [0.2, 0.25) is 0 Å². The summed E-state index contributed by atoms with van der Waals surface area (Å²) >= 11 is 1.33. The summed E-state index contributed by atoms with van der Waals surface area (Å²) in [5, 5.41) is 15.6. The summed E-state index contributed by atoms with van der Waals surface area (Å²) in [5.41, 5.74) is 1.75. The van der Waals surface area contributed by atoms with Crippen LogP contribution in [0.5, 0.6) is 11.5 Å². The minimum absolute atomic E-state index is 0.0471. The molecule has 4 heterocycles. The predicted molar refractivity (Wildman–Crippen MR) is 163 cm³/mol. The van der Waals surface area contributed by atoms with Gasteiger partial charge in [-0.1, -0.05) is 12.1 Å². The van der Waals surface area contributed by atoms with Gasteiger partial charge in [0.25, 0.3) is 11.8 Å². The molecule has 3 aliphatic rings. The van der Waals surface area contributed by atoms with Crippen LogP contribution in [0.15, 0.2) is 60.7 Å². The zero-order chi connectivity index (χ0) is 30.4. The minimum Gasteiger partial charge on any atom is -0.486 e. The van der Waals surface area contributed by atoms with Crippen LogP contribution in [-0.2, 0) is 6.54 Å². The molecular formula is C32H29FN4O6S. The second-order valence-electron chi connectivity index (χ2n) is 11.3. The van der Waals surface area contributed by atoms with Gasteiger partial charge in [-0.3, -0.25) is 14.5 Å². The average molecular weight is 617 g/mol. The number of ether oxygens (including phenoxy) is 2. The number of thiophene rings is 1. The first-order valence-electron chi connectivity index (χ1n) is 14.3. The SMILES string of the molecule is O=C(Nc1ccc(F)c(NC(=O)c2cc3ccc(CN4CC5CN(C(=O)O)CC5C4)cc3s2)c1)c1ccc2c(c1)OCCO2. The molecule has 3 aliphatic heterocycles. The van der Waals surface area contributed by atoms with Crippen molar-refractivity contribution < 1.29 is 33.4 Å². The standard InChI is InChI=1S/C32H29FN4O6S/c33-24-5-4-23(34-30(38)20-3-6-26-27(10-20)43-8-7-42-26)12-25(24)35-31(39)29-11-19-2-1-18(9-28(19)44-29)13-36-14-21-16-37(32(40)41)17-22(21)15-36/h1-6,9-12,21-22H,7-8,13-17H2,(H,34,38)(H,35,39)(H,40,41). The third-order valence-electron chi connectivity index (χ3n) is 8.32. The molecular weight excluding hydrogens is 587 g/mol. The molecule has 0 saturated carbocycles. The summed E-state index contributed by atoms with van der Waals surface area (Å²) in [6, 6.07) is 16.8. The Kier molecular flexibility index (Phi) is 7.31. The molecule has 3 aromatic carbocycles. The van der Waals surface area contributed by atoms with Gasteiger partial charge in [-0.05, 0) is 71.3 Å². The summed E-state index contributed by atoms with van der Waals surface area (Å²) in [5.74, 6) is 0.309. The fraction of sp³-hybridized carbons (Fsp3) is 0.281. The number of benzene rings is 3. The molecule has 0 spiro atoms. The molecule has 0 bridgehead atoms. The van der Waals surface area contributed by atoms with E-state index in [-0.39, 0.29) is 5.69 Å². The molecule has 3 amide bonds. The summed E-state index contributed by atoms with van der Waals surface area (Å²) in [4.78, 5) is 41.6. The molecule has 0 aliphatic carbocycles. The second kappa shape index (κ2) is 11.4. The van der Waals surface area contributed by atoms with Crippen molar-refractivity contribution >= 4 is 50.7 Å². The van der Waals surface area contributed by atoms with Crippen LogP contribution in [0.25, 0.3) is 10.1 Å². The van der Waals surface area contributed by atoms with Crippen molar-refractivity contribution in [3.8, 4) is 11.5 Å². The molecule has 2 atom stereocenters. The fourth-order valence-electron chi connectivity index (χ4n) is 6.19. The van der Waals surface area contributed by atoms with Gasteiger partial charge < -0.3 is 30.1 Å². The van der Waals surface area contributed by atoms with Crippen LogP contribution >= 0.6 is 11.3 Å². The van der Waals surface area contributed by atoms with Crippen molar-refractivity contribution in [3.05, 3.63) is 82.5 Å². The first-order chi connectivity index (χ1) is 21.3. The largest absolute Gasteiger partial charge is 0.486 e. The smallest absolute Gasteiger partial charge is 0.407 e. The average Bonchev–Trinajstić information content (AvgIpc) is 3.72. The number of nitrogens with one attached hydrogen (secondary N) is 2. The third-order valence-corrected chi connectivity index (χ3v) is 9.42. The van der Waals surface area contributed by atoms with E-state index in [0.717, 1.165) is 35.3 Å². The quantitative estimate of drug-likeness (QED) is 0.267. The van der Waals surface area contributed by atoms with E-state index in [1.807, 2.05) is 12.1 Å². The molecule has 10 nitrogen and oxygen atoms in total. The Morgan fingerprint density at radius 2 is 1.64 bits per heavy atom. The Morgan fingerprint density at radius 3 is 2.41 bits per heavy atom. The third kappa shape index (κ3) is 5.65. The van der Waals surface area contributed by atoms with Gasteiger partial charge in [0.05, 0.1) is 10.6 Å². The number of hydrogen-bond donors (Lipinski definition) is 3. The van der Waals surface area contributed by atoms with Crippen molar-refractivity contribution in [1.82, 2.24) is 9.80 Å². The molecule has 4 aromatic rings. The number of amides is 3. The molecule has 2 saturated heterocycles. The highest BCUT2D eigenvalue weighted by molar-refractivity contribution is 7.20. The van der Waals surface area contributed by atoms with Crippen molar-refractivity contribution in [1.29, 1.82) is 0 Å². The molecule has 1 aromatic heterocycles. The van der Waals surface area contributed by atoms with Crippen LogP contribution in [0, 0.1) is 17.7 Å². The number of rotatable bonds is 6. The van der Waals surface area contributed by atoms with Crippen LogP contribution in [-0.4, -0.2) is 72.2 Å². The Hall–Kier alpha value is -4.68. The van der Waals surface area contributed by atoms with Crippen molar-refractivity contribution in [2.24, 2.45) is 11.8 Å². The lowest BCUT2D eigenvalue weighted by Crippen LogP contribution is -2.31. The molecule has 7 rings (SSSR count). The molecule has 2 fully saturated rings. The van der Waals surface area contributed by atoms with E-state index in [4.69, 9.17) is 9.47 Å². The highest BCUT2D eigenvalue weighted by atomic mass is 32.1. The fourth-order valence-corrected chi connectivity index (χ4v) is 7.21. The number of fused-ring (bicyclic) bond motifs is 3. The highest BCUT2D eigenvalue weighted by Gasteiger charge is 2.41. The van der Waals surface area contributed by atoms with E-state index < -0.39 is 23.7 Å². The lowest BCUT2D eigenvalue weighted by Gasteiger charge is -2.19. The van der Waals surface area contributed by atoms with Crippen LogP contribution < -0.4 is 20.1 Å². The zero-order valence-electron chi connectivity index (χ0n) is 23.5. The molecule has 2 unspecified atom stereocenters. The molecule has 44 heavy (non-hydrogen) atoms. The summed E-state index contributed by atoms with van der Waals surface area (Å²) in [6.07, 6.45) is -0.843. The molecule has 0 radical (unpaired) electrons. The van der Waals surface area contributed by atoms with Gasteiger partial charge in [0.1, 0.15) is 19.0 Å². The van der Waals surface area contributed by atoms with Gasteiger partial charge in [0, 0.05) is 48.7 Å². The second-order valence-corrected chi connectivity index (χ2v) is 12.4. The maximum atomic E-state index is 14.7. The number of carbonyl (C=O) groups excluding carboxylic acids is 2. The zero-order valence-corrected chi connectivity index (χ0v) is 24.4. The van der Waals surface area contributed by atoms with E-state index in [2.05, 4.69) is 21.6 Å². The molecule has 3 N–H and O–H groups in total. The van der Waals surface area contributed by atoms with Crippen molar-refractivity contribution in [2.75, 3.05) is 50.0 Å². The van der Waals surface area contributed by atoms with Crippen molar-refractivity contribution in [3.63, 3.8) is 0 Å². The Labute approximate surface area is 256 Å². The van der Waals surface area contributed by atoms with E-state index in [9.17, 15) is 23.9 Å². The predicted octanol–water partition coefficient (Wildman–Crippen LogP) is 5.36. The van der Waals surface area contributed by atoms with Gasteiger partial charge in [0.2, 0.25) is 0 Å². The maximum absolute atomic E-state index is 14.7. The Bertz CT molecular complexity index is 1780. The normalized spacial score (nSPS) is 19.2. The number of carbonyl (C=O) groups is 3. The van der Waals surface area contributed by atoms with Gasteiger partial charge in [-0.2, -0.15) is 0 Å². The number of nitrogens with zero attached hydrogens (tertiary/aromatic N) is 2. The monoisotopic (exact) mass is 616 g/mol. The highest BCUT2D eigenvalue weighted by Crippen LogP contribution is 2.34. The first-order valence-corrected chi connectivity index (χ1v) is 15.2. The van der Waals surface area contributed by atoms with Gasteiger partial charge >= 0.3 is 6.09 Å². The van der Waals surface area contributed by atoms with E-state index in [1.54, 1.807) is 24.3 Å². The number of likely N-dealkylation sites (tertiary alicyclic amines) is 2.